The number of anilines is 2. The molecule has 3 aromatic carbocycles. The molecule has 5 aromatic rings. The molecule has 0 saturated carbocycles. The number of nitrogens with zero attached hydrogens (tertiary/aromatic N) is 6. The molecular weight excluding hydrogens is 452 g/mol. The first-order chi connectivity index (χ1) is 17.5. The van der Waals surface area contributed by atoms with Crippen molar-refractivity contribution >= 4 is 22.5 Å². The lowest BCUT2D eigenvalue weighted by Crippen LogP contribution is -2.28. The van der Waals surface area contributed by atoms with Crippen LogP contribution in [0, 0.1) is 6.92 Å². The minimum atomic E-state index is -0.135. The van der Waals surface area contributed by atoms with Crippen molar-refractivity contribution in [1.82, 2.24) is 30.2 Å². The molecule has 1 aliphatic heterocycles. The summed E-state index contributed by atoms with van der Waals surface area (Å²) in [6, 6.07) is 20.1. The highest BCUT2D eigenvalue weighted by Gasteiger charge is 2.24. The van der Waals surface area contributed by atoms with Crippen LogP contribution in [0.3, 0.4) is 0 Å². The third kappa shape index (κ3) is 3.69. The van der Waals surface area contributed by atoms with Crippen molar-refractivity contribution in [2.75, 3.05) is 10.2 Å². The second kappa shape index (κ2) is 8.60. The Morgan fingerprint density at radius 1 is 1.03 bits per heavy atom. The molecule has 0 amide bonds. The Bertz CT molecular complexity index is 1620. The number of H-pyrrole nitrogens is 1. The van der Waals surface area contributed by atoms with Crippen molar-refractivity contribution in [2.24, 2.45) is 7.05 Å². The van der Waals surface area contributed by atoms with E-state index in [2.05, 4.69) is 68.1 Å². The lowest BCUT2D eigenvalue weighted by Gasteiger charge is -2.23. The summed E-state index contributed by atoms with van der Waals surface area (Å²) in [4.78, 5) is 20.8. The fourth-order valence-electron chi connectivity index (χ4n) is 5.02. The predicted octanol–water partition coefficient (Wildman–Crippen LogP) is 4.12. The summed E-state index contributed by atoms with van der Waals surface area (Å²) in [5, 5.41) is 18.7. The fourth-order valence-corrected chi connectivity index (χ4v) is 5.02. The van der Waals surface area contributed by atoms with Crippen molar-refractivity contribution < 1.29 is 0 Å². The Labute approximate surface area is 207 Å². The van der Waals surface area contributed by atoms with E-state index in [1.54, 1.807) is 11.6 Å². The molecule has 9 heteroatoms. The van der Waals surface area contributed by atoms with Gasteiger partial charge in [0.25, 0.3) is 5.56 Å². The van der Waals surface area contributed by atoms with Crippen LogP contribution in [0.1, 0.15) is 35.2 Å². The average Bonchev–Trinajstić information content (AvgIpc) is 3.56. The van der Waals surface area contributed by atoms with Crippen LogP contribution >= 0.6 is 0 Å². The summed E-state index contributed by atoms with van der Waals surface area (Å²) in [6.07, 6.45) is 0. The largest absolute Gasteiger partial charge is 0.378 e. The molecule has 0 radical (unpaired) electrons. The number of fused-ring (bicyclic) bond motifs is 2. The Morgan fingerprint density at radius 3 is 2.47 bits per heavy atom. The van der Waals surface area contributed by atoms with Gasteiger partial charge in [-0.25, -0.2) is 4.98 Å². The van der Waals surface area contributed by atoms with Crippen LogP contribution in [0.4, 0.5) is 11.6 Å². The van der Waals surface area contributed by atoms with E-state index in [4.69, 9.17) is 4.98 Å². The van der Waals surface area contributed by atoms with Crippen molar-refractivity contribution in [3.05, 3.63) is 93.3 Å². The Kier molecular flexibility index (Phi) is 5.25. The van der Waals surface area contributed by atoms with Gasteiger partial charge in [0.2, 0.25) is 11.8 Å². The van der Waals surface area contributed by atoms with Crippen molar-refractivity contribution in [1.29, 1.82) is 0 Å². The number of benzene rings is 3. The Hall–Kier alpha value is -4.53. The van der Waals surface area contributed by atoms with Crippen LogP contribution in [0.5, 0.6) is 0 Å². The van der Waals surface area contributed by atoms with E-state index >= 15 is 0 Å². The topological polar surface area (TPSA) is 105 Å². The third-order valence-electron chi connectivity index (χ3n) is 6.81. The fraction of sp³-hybridized carbons (Fsp3) is 0.222. The van der Waals surface area contributed by atoms with Crippen LogP contribution in [-0.4, -0.2) is 30.2 Å². The minimum Gasteiger partial charge on any atom is -0.378 e. The summed E-state index contributed by atoms with van der Waals surface area (Å²) >= 11 is 0. The summed E-state index contributed by atoms with van der Waals surface area (Å²) in [6.45, 7) is 5.54. The summed E-state index contributed by atoms with van der Waals surface area (Å²) < 4.78 is 1.67. The lowest BCUT2D eigenvalue weighted by molar-refractivity contribution is 0.743. The van der Waals surface area contributed by atoms with Gasteiger partial charge in [-0.15, -0.1) is 10.2 Å². The van der Waals surface area contributed by atoms with E-state index in [1.165, 1.54) is 11.1 Å². The van der Waals surface area contributed by atoms with Crippen LogP contribution in [-0.2, 0) is 20.1 Å². The number of nitrogens with one attached hydrogen (secondary N) is 2. The molecule has 3 heterocycles. The number of rotatable bonds is 5. The maximum absolute atomic E-state index is 13.5. The number of hydrogen-bond acceptors (Lipinski definition) is 7. The normalized spacial score (nSPS) is 13.7. The first-order valence-electron chi connectivity index (χ1n) is 11.9. The van der Waals surface area contributed by atoms with E-state index in [1.807, 2.05) is 37.3 Å². The van der Waals surface area contributed by atoms with Crippen LogP contribution in [0.2, 0.25) is 0 Å². The number of hydrogen-bond donors (Lipinski definition) is 2. The molecule has 0 fully saturated rings. The maximum Gasteiger partial charge on any atom is 0.262 e. The number of aryl methyl sites for hydroxylation is 1. The van der Waals surface area contributed by atoms with Gasteiger partial charge in [-0.05, 0) is 54.0 Å². The van der Waals surface area contributed by atoms with Crippen molar-refractivity contribution in [3.8, 4) is 11.4 Å². The molecule has 2 aromatic heterocycles. The number of aromatic nitrogens is 6. The van der Waals surface area contributed by atoms with Gasteiger partial charge < -0.3 is 10.2 Å². The van der Waals surface area contributed by atoms with Crippen LogP contribution < -0.4 is 15.8 Å². The van der Waals surface area contributed by atoms with E-state index in [-0.39, 0.29) is 11.6 Å². The molecule has 0 aliphatic carbocycles. The molecule has 1 unspecified atom stereocenters. The zero-order valence-corrected chi connectivity index (χ0v) is 20.4. The first-order valence-corrected chi connectivity index (χ1v) is 11.9. The van der Waals surface area contributed by atoms with E-state index in [0.717, 1.165) is 35.5 Å². The van der Waals surface area contributed by atoms with Crippen LogP contribution in [0.25, 0.3) is 22.3 Å². The number of aromatic amines is 1. The highest BCUT2D eigenvalue weighted by atomic mass is 16.1. The van der Waals surface area contributed by atoms with Gasteiger partial charge in [0.05, 0.1) is 16.9 Å². The zero-order valence-electron chi connectivity index (χ0n) is 20.4. The molecule has 0 bridgehead atoms. The van der Waals surface area contributed by atoms with Gasteiger partial charge in [0.1, 0.15) is 0 Å². The number of para-hydroxylation sites is 1. The van der Waals surface area contributed by atoms with Gasteiger partial charge in [0, 0.05) is 37.0 Å². The molecule has 9 nitrogen and oxygen atoms in total. The lowest BCUT2D eigenvalue weighted by atomic mass is 10.0. The molecule has 2 N–H and O–H groups in total. The smallest absolute Gasteiger partial charge is 0.262 e. The third-order valence-corrected chi connectivity index (χ3v) is 6.81. The Balaban J connectivity index is 1.43. The standard InChI is InChI=1S/C27H26N8O/c1-16-12-21(17(2)28-23-11-7-6-10-20(23)25-30-32-33-31-25)24-22(13-16)26(36)34(3)27(29-24)35-14-18-8-4-5-9-19(18)15-35/h4-13,17,28H,14-15H2,1-3H3,(H,30,31,32,33). The molecule has 6 rings (SSSR count). The highest BCUT2D eigenvalue weighted by Crippen LogP contribution is 2.32. The van der Waals surface area contributed by atoms with Crippen molar-refractivity contribution in [2.45, 2.75) is 33.0 Å². The summed E-state index contributed by atoms with van der Waals surface area (Å²) in [5.74, 6) is 1.19. The minimum absolute atomic E-state index is 0.0460. The Morgan fingerprint density at radius 2 is 1.75 bits per heavy atom. The van der Waals surface area contributed by atoms with Gasteiger partial charge in [-0.3, -0.25) is 9.36 Å². The number of tetrazole rings is 1. The molecule has 180 valence electrons. The first kappa shape index (κ1) is 22.0. The van der Waals surface area contributed by atoms with Gasteiger partial charge in [-0.1, -0.05) is 42.5 Å². The zero-order chi connectivity index (χ0) is 24.8. The molecule has 36 heavy (non-hydrogen) atoms. The predicted molar refractivity (Wildman–Crippen MR) is 140 cm³/mol. The quantitative estimate of drug-likeness (QED) is 0.392. The SMILES string of the molecule is Cc1cc(C(C)Nc2ccccc2-c2nn[nH]n2)c2nc(N3Cc4ccccc4C3)n(C)c(=O)c2c1. The van der Waals surface area contributed by atoms with E-state index < -0.39 is 0 Å². The summed E-state index contributed by atoms with van der Waals surface area (Å²) in [5.41, 5.74) is 6.89. The monoisotopic (exact) mass is 478 g/mol. The molecule has 1 atom stereocenters. The summed E-state index contributed by atoms with van der Waals surface area (Å²) in [7, 11) is 1.80. The molecule has 1 aliphatic rings. The van der Waals surface area contributed by atoms with Gasteiger partial charge >= 0.3 is 0 Å². The van der Waals surface area contributed by atoms with Gasteiger partial charge in [-0.2, -0.15) is 5.21 Å². The molecule has 0 saturated heterocycles. The van der Waals surface area contributed by atoms with Gasteiger partial charge in [0.15, 0.2) is 0 Å². The van der Waals surface area contributed by atoms with E-state index in [9.17, 15) is 4.79 Å². The highest BCUT2D eigenvalue weighted by molar-refractivity contribution is 5.84. The van der Waals surface area contributed by atoms with E-state index in [0.29, 0.717) is 22.7 Å². The van der Waals surface area contributed by atoms with Crippen LogP contribution in [0.15, 0.2) is 65.5 Å². The van der Waals surface area contributed by atoms with Crippen molar-refractivity contribution in [3.63, 3.8) is 0 Å². The average molecular weight is 479 g/mol. The second-order valence-corrected chi connectivity index (χ2v) is 9.30. The second-order valence-electron chi connectivity index (χ2n) is 9.30. The molecular formula is C27H26N8O. The maximum atomic E-state index is 13.5. The molecule has 0 spiro atoms.